The minimum absolute atomic E-state index is 0.0167. The molecule has 0 aliphatic rings. The lowest BCUT2D eigenvalue weighted by Gasteiger charge is -2.14. The van der Waals surface area contributed by atoms with Crippen LogP contribution in [0.15, 0.2) is 53.4 Å². The van der Waals surface area contributed by atoms with Crippen LogP contribution in [0.5, 0.6) is 0 Å². The maximum Gasteiger partial charge on any atom is 0.433 e. The number of amides is 1. The van der Waals surface area contributed by atoms with Crippen LogP contribution in [0, 0.1) is 5.82 Å². The van der Waals surface area contributed by atoms with Crippen LogP contribution < -0.4 is 0 Å². The van der Waals surface area contributed by atoms with E-state index in [0.717, 1.165) is 37.6 Å². The van der Waals surface area contributed by atoms with Crippen LogP contribution in [0.3, 0.4) is 0 Å². The lowest BCUT2D eigenvalue weighted by Crippen LogP contribution is -2.29. The van der Waals surface area contributed by atoms with E-state index >= 15 is 0 Å². The number of likely N-dealkylation sites (N-methyl/N-ethyl adjacent to an activating group) is 1. The third-order valence-electron chi connectivity index (χ3n) is 4.56. The number of halogens is 4. The molecule has 1 N–H and O–H groups in total. The molecule has 1 heterocycles. The number of hydrogen-bond donors (Lipinski definition) is 1. The minimum atomic E-state index is -4.96. The van der Waals surface area contributed by atoms with Crippen LogP contribution in [0.25, 0.3) is 22.4 Å². The van der Waals surface area contributed by atoms with Crippen LogP contribution in [0.2, 0.25) is 0 Å². The van der Waals surface area contributed by atoms with Crippen molar-refractivity contribution in [1.29, 1.82) is 0 Å². The summed E-state index contributed by atoms with van der Waals surface area (Å²) in [5.41, 5.74) is -1.76. The average Bonchev–Trinajstić information content (AvgIpc) is 3.07. The molecule has 170 valence electrons. The Bertz CT molecular complexity index is 1250. The summed E-state index contributed by atoms with van der Waals surface area (Å²) in [7, 11) is -2.58. The third kappa shape index (κ3) is 4.81. The van der Waals surface area contributed by atoms with E-state index in [1.54, 1.807) is 0 Å². The molecule has 0 atom stereocenters. The number of rotatable bonds is 5. The standard InChI is InChI=1S/C20H17F4N3O4S/c1-26(29)16(28)11-27-19(20(22,23)24)17(12-3-7-14(21)8-4-12)18(25-27)13-5-9-15(10-6-13)32(2,30)31/h3-10,29H,11H2,1-2H3. The predicted molar refractivity (Wildman–Crippen MR) is 106 cm³/mol. The minimum Gasteiger partial charge on any atom is -0.286 e. The van der Waals surface area contributed by atoms with Crippen LogP contribution in [-0.4, -0.2) is 47.7 Å². The first-order chi connectivity index (χ1) is 14.8. The maximum absolute atomic E-state index is 14.1. The van der Waals surface area contributed by atoms with Gasteiger partial charge in [-0.15, -0.1) is 0 Å². The third-order valence-corrected chi connectivity index (χ3v) is 5.68. The average molecular weight is 471 g/mol. The van der Waals surface area contributed by atoms with Crippen molar-refractivity contribution in [2.24, 2.45) is 0 Å². The first kappa shape index (κ1) is 23.4. The van der Waals surface area contributed by atoms with Gasteiger partial charge in [-0.05, 0) is 29.8 Å². The monoisotopic (exact) mass is 471 g/mol. The number of hydroxylamine groups is 2. The molecule has 0 bridgehead atoms. The summed E-state index contributed by atoms with van der Waals surface area (Å²) < 4.78 is 79.4. The van der Waals surface area contributed by atoms with Gasteiger partial charge in [-0.1, -0.05) is 24.3 Å². The largest absolute Gasteiger partial charge is 0.433 e. The fourth-order valence-electron chi connectivity index (χ4n) is 3.05. The van der Waals surface area contributed by atoms with Gasteiger partial charge in [-0.3, -0.25) is 10.0 Å². The molecular weight excluding hydrogens is 454 g/mol. The maximum atomic E-state index is 14.1. The van der Waals surface area contributed by atoms with Gasteiger partial charge < -0.3 is 0 Å². The van der Waals surface area contributed by atoms with E-state index in [4.69, 9.17) is 0 Å². The highest BCUT2D eigenvalue weighted by Crippen LogP contribution is 2.42. The lowest BCUT2D eigenvalue weighted by atomic mass is 9.98. The molecule has 3 rings (SSSR count). The molecule has 0 aliphatic carbocycles. The van der Waals surface area contributed by atoms with E-state index in [2.05, 4.69) is 5.10 Å². The highest BCUT2D eigenvalue weighted by Gasteiger charge is 2.41. The highest BCUT2D eigenvalue weighted by molar-refractivity contribution is 7.90. The second-order valence-electron chi connectivity index (χ2n) is 6.95. The second-order valence-corrected chi connectivity index (χ2v) is 8.96. The van der Waals surface area contributed by atoms with Gasteiger partial charge in [0.25, 0.3) is 5.91 Å². The summed E-state index contributed by atoms with van der Waals surface area (Å²) in [6.07, 6.45) is -3.98. The molecule has 12 heteroatoms. The summed E-state index contributed by atoms with van der Waals surface area (Å²) in [6, 6.07) is 9.26. The van der Waals surface area contributed by atoms with Gasteiger partial charge >= 0.3 is 6.18 Å². The lowest BCUT2D eigenvalue weighted by molar-refractivity contribution is -0.162. The van der Waals surface area contributed by atoms with E-state index in [-0.39, 0.29) is 26.8 Å². The SMILES string of the molecule is CN(O)C(=O)Cn1nc(-c2ccc(S(C)(=O)=O)cc2)c(-c2ccc(F)cc2)c1C(F)(F)F. The van der Waals surface area contributed by atoms with Crippen molar-refractivity contribution in [2.75, 3.05) is 13.3 Å². The van der Waals surface area contributed by atoms with E-state index < -0.39 is 45.5 Å². The Morgan fingerprint density at radius 2 is 1.59 bits per heavy atom. The number of carbonyl (C=O) groups is 1. The van der Waals surface area contributed by atoms with Gasteiger partial charge in [0.2, 0.25) is 0 Å². The molecule has 0 saturated heterocycles. The molecule has 1 aromatic heterocycles. The van der Waals surface area contributed by atoms with Gasteiger partial charge in [0.1, 0.15) is 18.1 Å². The molecule has 0 spiro atoms. The molecule has 32 heavy (non-hydrogen) atoms. The Kier molecular flexibility index (Phi) is 6.11. The Hall–Kier alpha value is -3.25. The quantitative estimate of drug-likeness (QED) is 0.349. The van der Waals surface area contributed by atoms with Crippen molar-refractivity contribution in [2.45, 2.75) is 17.6 Å². The van der Waals surface area contributed by atoms with E-state index in [0.29, 0.717) is 4.68 Å². The number of sulfone groups is 1. The summed E-state index contributed by atoms with van der Waals surface area (Å²) in [5.74, 6) is -1.71. The van der Waals surface area contributed by atoms with Gasteiger partial charge in [-0.2, -0.15) is 18.3 Å². The van der Waals surface area contributed by atoms with Crippen molar-refractivity contribution >= 4 is 15.7 Å². The second kappa shape index (κ2) is 8.36. The van der Waals surface area contributed by atoms with Crippen molar-refractivity contribution in [3.8, 4) is 22.4 Å². The number of carbonyl (C=O) groups excluding carboxylic acids is 1. The summed E-state index contributed by atoms with van der Waals surface area (Å²) >= 11 is 0. The zero-order valence-electron chi connectivity index (χ0n) is 16.8. The summed E-state index contributed by atoms with van der Waals surface area (Å²) in [4.78, 5) is 11.9. The van der Waals surface area contributed by atoms with Gasteiger partial charge in [0.15, 0.2) is 15.5 Å². The Morgan fingerprint density at radius 3 is 2.06 bits per heavy atom. The molecular formula is C20H17F4N3O4S. The van der Waals surface area contributed by atoms with Crippen molar-refractivity contribution in [3.05, 3.63) is 60.0 Å². The molecule has 2 aromatic carbocycles. The van der Waals surface area contributed by atoms with E-state index in [9.17, 15) is 36.0 Å². The van der Waals surface area contributed by atoms with E-state index in [1.165, 1.54) is 24.3 Å². The highest BCUT2D eigenvalue weighted by atomic mass is 32.2. The molecule has 0 radical (unpaired) electrons. The van der Waals surface area contributed by atoms with Crippen molar-refractivity contribution in [1.82, 2.24) is 14.8 Å². The zero-order chi connectivity index (χ0) is 23.8. The summed E-state index contributed by atoms with van der Waals surface area (Å²) in [5, 5.41) is 13.4. The number of aromatic nitrogens is 2. The first-order valence-corrected chi connectivity index (χ1v) is 10.9. The van der Waals surface area contributed by atoms with Gasteiger partial charge in [0, 0.05) is 24.4 Å². The number of alkyl halides is 3. The number of benzene rings is 2. The van der Waals surface area contributed by atoms with Gasteiger partial charge in [-0.25, -0.2) is 22.6 Å². The Balaban J connectivity index is 2.31. The molecule has 0 aliphatic heterocycles. The smallest absolute Gasteiger partial charge is 0.286 e. The van der Waals surface area contributed by atoms with Crippen LogP contribution in [0.1, 0.15) is 5.69 Å². The van der Waals surface area contributed by atoms with Crippen molar-refractivity contribution in [3.63, 3.8) is 0 Å². The molecule has 0 fully saturated rings. The molecule has 1 amide bonds. The van der Waals surface area contributed by atoms with E-state index in [1.807, 2.05) is 0 Å². The first-order valence-electron chi connectivity index (χ1n) is 8.99. The van der Waals surface area contributed by atoms with Crippen LogP contribution in [0.4, 0.5) is 17.6 Å². The fourth-order valence-corrected chi connectivity index (χ4v) is 3.68. The van der Waals surface area contributed by atoms with Crippen LogP contribution >= 0.6 is 0 Å². The predicted octanol–water partition coefficient (Wildman–Crippen LogP) is 3.63. The number of nitrogens with zero attached hydrogens (tertiary/aromatic N) is 3. The fraction of sp³-hybridized carbons (Fsp3) is 0.200. The molecule has 0 unspecified atom stereocenters. The Labute approximate surface area is 180 Å². The van der Waals surface area contributed by atoms with Gasteiger partial charge in [0.05, 0.1) is 4.90 Å². The van der Waals surface area contributed by atoms with Crippen molar-refractivity contribution < 1.29 is 36.0 Å². The van der Waals surface area contributed by atoms with Crippen LogP contribution in [-0.2, 0) is 27.4 Å². The molecule has 3 aromatic rings. The topological polar surface area (TPSA) is 92.5 Å². The molecule has 0 saturated carbocycles. The summed E-state index contributed by atoms with van der Waals surface area (Å²) in [6.45, 7) is -0.919. The Morgan fingerprint density at radius 1 is 1.06 bits per heavy atom. The number of hydrogen-bond acceptors (Lipinski definition) is 5. The normalized spacial score (nSPS) is 12.1. The molecule has 7 nitrogen and oxygen atoms in total. The zero-order valence-corrected chi connectivity index (χ0v) is 17.6.